The molecule has 3 aromatic carbocycles. The van der Waals surface area contributed by atoms with Gasteiger partial charge >= 0.3 is 11.9 Å². The monoisotopic (exact) mass is 490 g/mol. The SMILES string of the molecule is COC(=O)c1ccc(NC2=CC(=NS(=O)(=O)c3ccc(C(=O)O)cc3)c3ccccc3C2=O)cc1. The Kier molecular flexibility index (Phi) is 6.30. The minimum Gasteiger partial charge on any atom is -0.478 e. The second-order valence-corrected chi connectivity index (χ2v) is 9.01. The fraction of sp³-hybridized carbons (Fsp3) is 0.0400. The number of benzene rings is 3. The molecule has 0 amide bonds. The molecule has 1 aliphatic rings. The highest BCUT2D eigenvalue weighted by Crippen LogP contribution is 2.25. The Morgan fingerprint density at radius 2 is 1.49 bits per heavy atom. The van der Waals surface area contributed by atoms with Gasteiger partial charge in [-0.15, -0.1) is 0 Å². The van der Waals surface area contributed by atoms with Gasteiger partial charge in [0, 0.05) is 16.8 Å². The summed E-state index contributed by atoms with van der Waals surface area (Å²) in [5.41, 5.74) is 1.49. The van der Waals surface area contributed by atoms with Crippen LogP contribution in [0.3, 0.4) is 0 Å². The zero-order valence-corrected chi connectivity index (χ0v) is 19.1. The molecule has 0 atom stereocenters. The van der Waals surface area contributed by atoms with Crippen LogP contribution in [0.15, 0.2) is 93.9 Å². The van der Waals surface area contributed by atoms with Crippen molar-refractivity contribution in [2.45, 2.75) is 4.90 Å². The van der Waals surface area contributed by atoms with Crippen molar-refractivity contribution >= 4 is 39.1 Å². The number of rotatable bonds is 6. The van der Waals surface area contributed by atoms with E-state index in [4.69, 9.17) is 5.11 Å². The molecule has 4 rings (SSSR count). The summed E-state index contributed by atoms with van der Waals surface area (Å²) < 4.78 is 34.5. The molecule has 0 saturated heterocycles. The van der Waals surface area contributed by atoms with E-state index in [9.17, 15) is 22.8 Å². The molecule has 176 valence electrons. The number of carboxylic acids is 1. The summed E-state index contributed by atoms with van der Waals surface area (Å²) in [7, 11) is -2.95. The van der Waals surface area contributed by atoms with E-state index in [2.05, 4.69) is 14.5 Å². The average molecular weight is 490 g/mol. The van der Waals surface area contributed by atoms with Gasteiger partial charge in [0.05, 0.1) is 34.5 Å². The van der Waals surface area contributed by atoms with Crippen LogP contribution in [-0.4, -0.2) is 44.1 Å². The standard InChI is InChI=1S/C25H18N2O7S/c1-34-25(31)16-6-10-17(11-7-16)26-22-14-21(19-4-2-3-5-20(19)23(22)28)27-35(32,33)18-12-8-15(9-13-18)24(29)30/h2-14,26H,1H3,(H,29,30). The van der Waals surface area contributed by atoms with Gasteiger partial charge in [-0.3, -0.25) is 4.79 Å². The first-order valence-electron chi connectivity index (χ1n) is 10.2. The lowest BCUT2D eigenvalue weighted by atomic mass is 9.92. The average Bonchev–Trinajstić information content (AvgIpc) is 2.86. The zero-order valence-electron chi connectivity index (χ0n) is 18.3. The van der Waals surface area contributed by atoms with Crippen LogP contribution in [-0.2, 0) is 14.8 Å². The Hall–Kier alpha value is -4.57. The van der Waals surface area contributed by atoms with Crippen LogP contribution in [0.4, 0.5) is 5.69 Å². The number of hydrogen-bond donors (Lipinski definition) is 2. The first-order valence-corrected chi connectivity index (χ1v) is 11.6. The van der Waals surface area contributed by atoms with Crippen LogP contribution in [0.1, 0.15) is 36.6 Å². The van der Waals surface area contributed by atoms with Crippen LogP contribution in [0.25, 0.3) is 0 Å². The number of Topliss-reactive ketones (excluding diaryl/α,β-unsaturated/α-hetero) is 1. The molecular formula is C25H18N2O7S. The molecule has 0 unspecified atom stereocenters. The summed E-state index contributed by atoms with van der Waals surface area (Å²) in [4.78, 5) is 35.6. The third kappa shape index (κ3) is 4.87. The number of nitrogens with one attached hydrogen (secondary N) is 1. The van der Waals surface area contributed by atoms with E-state index in [1.165, 1.54) is 37.5 Å². The van der Waals surface area contributed by atoms with E-state index < -0.39 is 22.0 Å². The number of carbonyl (C=O) groups is 3. The van der Waals surface area contributed by atoms with Crippen molar-refractivity contribution in [2.75, 3.05) is 12.4 Å². The first-order chi connectivity index (χ1) is 16.7. The fourth-order valence-electron chi connectivity index (χ4n) is 3.41. The van der Waals surface area contributed by atoms with Crippen molar-refractivity contribution < 1.29 is 32.6 Å². The summed E-state index contributed by atoms with van der Waals surface area (Å²) in [5.74, 6) is -2.05. The van der Waals surface area contributed by atoms with Crippen molar-refractivity contribution in [3.63, 3.8) is 0 Å². The van der Waals surface area contributed by atoms with Crippen molar-refractivity contribution in [1.82, 2.24) is 0 Å². The smallest absolute Gasteiger partial charge is 0.337 e. The minimum absolute atomic E-state index is 0.0381. The van der Waals surface area contributed by atoms with E-state index in [1.54, 1.807) is 36.4 Å². The number of esters is 1. The van der Waals surface area contributed by atoms with Gasteiger partial charge in [0.2, 0.25) is 5.78 Å². The van der Waals surface area contributed by atoms with Crippen molar-refractivity contribution in [3.8, 4) is 0 Å². The summed E-state index contributed by atoms with van der Waals surface area (Å²) in [6.45, 7) is 0. The molecule has 3 aromatic rings. The van der Waals surface area contributed by atoms with Gasteiger partial charge in [-0.2, -0.15) is 12.8 Å². The van der Waals surface area contributed by atoms with Gasteiger partial charge in [0.25, 0.3) is 10.0 Å². The van der Waals surface area contributed by atoms with E-state index in [1.807, 2.05) is 0 Å². The molecular weight excluding hydrogens is 472 g/mol. The molecule has 1 aliphatic carbocycles. The molecule has 0 fully saturated rings. The third-order valence-electron chi connectivity index (χ3n) is 5.18. The Morgan fingerprint density at radius 3 is 2.09 bits per heavy atom. The predicted octanol–water partition coefficient (Wildman–Crippen LogP) is 3.54. The Bertz CT molecular complexity index is 1500. The van der Waals surface area contributed by atoms with Gasteiger partial charge in [0.15, 0.2) is 0 Å². The molecule has 35 heavy (non-hydrogen) atoms. The molecule has 2 N–H and O–H groups in total. The number of carbonyl (C=O) groups excluding carboxylic acids is 2. The molecule has 0 radical (unpaired) electrons. The lowest BCUT2D eigenvalue weighted by molar-refractivity contribution is 0.0599. The zero-order chi connectivity index (χ0) is 25.2. The van der Waals surface area contributed by atoms with Crippen molar-refractivity contribution in [1.29, 1.82) is 0 Å². The number of allylic oxidation sites excluding steroid dienone is 2. The molecule has 9 nitrogen and oxygen atoms in total. The summed E-state index contributed by atoms with van der Waals surface area (Å²) in [5, 5.41) is 12.0. The van der Waals surface area contributed by atoms with Gasteiger partial charge in [-0.25, -0.2) is 9.59 Å². The topological polar surface area (TPSA) is 139 Å². The number of ketones is 1. The van der Waals surface area contributed by atoms with Gasteiger partial charge in [0.1, 0.15) is 0 Å². The van der Waals surface area contributed by atoms with E-state index in [-0.39, 0.29) is 33.2 Å². The maximum Gasteiger partial charge on any atom is 0.337 e. The number of anilines is 1. The van der Waals surface area contributed by atoms with Crippen molar-refractivity contribution in [2.24, 2.45) is 4.40 Å². The maximum atomic E-state index is 13.1. The molecule has 0 spiro atoms. The minimum atomic E-state index is -4.22. The molecule has 0 bridgehead atoms. The lowest BCUT2D eigenvalue weighted by Gasteiger charge is -2.19. The lowest BCUT2D eigenvalue weighted by Crippen LogP contribution is -2.22. The number of sulfonamides is 1. The van der Waals surface area contributed by atoms with Crippen LogP contribution in [0.2, 0.25) is 0 Å². The van der Waals surface area contributed by atoms with Gasteiger partial charge in [-0.05, 0) is 54.6 Å². The molecule has 0 aromatic heterocycles. The Morgan fingerprint density at radius 1 is 0.886 bits per heavy atom. The second kappa shape index (κ2) is 9.35. The normalized spacial score (nSPS) is 14.1. The second-order valence-electron chi connectivity index (χ2n) is 7.41. The van der Waals surface area contributed by atoms with Crippen LogP contribution < -0.4 is 5.32 Å². The molecule has 0 heterocycles. The molecule has 0 aliphatic heterocycles. The highest BCUT2D eigenvalue weighted by Gasteiger charge is 2.26. The Balaban J connectivity index is 1.73. The number of nitrogens with zero attached hydrogens (tertiary/aromatic N) is 1. The maximum absolute atomic E-state index is 13.1. The van der Waals surface area contributed by atoms with Crippen LogP contribution in [0, 0.1) is 0 Å². The Labute approximate surface area is 200 Å². The quantitative estimate of drug-likeness (QED) is 0.500. The number of methoxy groups -OCH3 is 1. The molecule has 10 heteroatoms. The van der Waals surface area contributed by atoms with E-state index >= 15 is 0 Å². The highest BCUT2D eigenvalue weighted by molar-refractivity contribution is 7.90. The number of ether oxygens (including phenoxy) is 1. The molecule has 0 saturated carbocycles. The van der Waals surface area contributed by atoms with Crippen molar-refractivity contribution in [3.05, 3.63) is 107 Å². The highest BCUT2D eigenvalue weighted by atomic mass is 32.2. The fourth-order valence-corrected chi connectivity index (χ4v) is 4.41. The van der Waals surface area contributed by atoms with Gasteiger partial charge in [-0.1, -0.05) is 24.3 Å². The summed E-state index contributed by atoms with van der Waals surface area (Å²) >= 11 is 0. The van der Waals surface area contributed by atoms with Gasteiger partial charge < -0.3 is 15.2 Å². The van der Waals surface area contributed by atoms with E-state index in [0.717, 1.165) is 12.1 Å². The largest absolute Gasteiger partial charge is 0.478 e. The van der Waals surface area contributed by atoms with Crippen LogP contribution in [0.5, 0.6) is 0 Å². The first kappa shape index (κ1) is 23.6. The third-order valence-corrected chi connectivity index (χ3v) is 6.48. The van der Waals surface area contributed by atoms with E-state index in [0.29, 0.717) is 16.8 Å². The summed E-state index contributed by atoms with van der Waals surface area (Å²) in [6, 6.07) is 17.4. The van der Waals surface area contributed by atoms with Crippen LogP contribution >= 0.6 is 0 Å². The number of aromatic carboxylic acids is 1. The predicted molar refractivity (Wildman–Crippen MR) is 127 cm³/mol. The number of carboxylic acid groups (broad SMARTS) is 1. The summed E-state index contributed by atoms with van der Waals surface area (Å²) in [6.07, 6.45) is 1.34. The number of hydrogen-bond acceptors (Lipinski definition) is 7. The number of fused-ring (bicyclic) bond motifs is 1.